The van der Waals surface area contributed by atoms with Gasteiger partial charge in [0, 0.05) is 10.6 Å². The van der Waals surface area contributed by atoms with Gasteiger partial charge in [-0.1, -0.05) is 6.92 Å². The van der Waals surface area contributed by atoms with Crippen molar-refractivity contribution in [1.29, 1.82) is 0 Å². The zero-order chi connectivity index (χ0) is 9.68. The van der Waals surface area contributed by atoms with Gasteiger partial charge in [-0.3, -0.25) is 0 Å². The van der Waals surface area contributed by atoms with Crippen LogP contribution in [0.25, 0.3) is 0 Å². The van der Waals surface area contributed by atoms with E-state index in [4.69, 9.17) is 0 Å². The maximum atomic E-state index is 9.81. The van der Waals surface area contributed by atoms with Gasteiger partial charge in [-0.2, -0.15) is 11.8 Å². The summed E-state index contributed by atoms with van der Waals surface area (Å²) in [5.41, 5.74) is 1.22. The fourth-order valence-corrected chi connectivity index (χ4v) is 3.00. The molecule has 0 aliphatic rings. The predicted molar refractivity (Wildman–Crippen MR) is 61.6 cm³/mol. The van der Waals surface area contributed by atoms with Crippen molar-refractivity contribution in [2.24, 2.45) is 0 Å². The average Bonchev–Trinajstić information content (AvgIpc) is 2.52. The molecule has 3 heteroatoms. The van der Waals surface area contributed by atoms with Crippen LogP contribution in [0, 0.1) is 6.92 Å². The highest BCUT2D eigenvalue weighted by molar-refractivity contribution is 7.99. The van der Waals surface area contributed by atoms with Gasteiger partial charge in [0.15, 0.2) is 0 Å². The first-order chi connectivity index (χ1) is 6.25. The number of thioether (sulfide) groups is 1. The monoisotopic (exact) mass is 216 g/mol. The van der Waals surface area contributed by atoms with Gasteiger partial charge in [-0.25, -0.2) is 0 Å². The van der Waals surface area contributed by atoms with Crippen LogP contribution in [0.15, 0.2) is 11.4 Å². The molecule has 1 heterocycles. The van der Waals surface area contributed by atoms with Crippen LogP contribution in [0.2, 0.25) is 0 Å². The smallest absolute Gasteiger partial charge is 0.0974 e. The second kappa shape index (κ2) is 5.68. The molecule has 0 saturated carbocycles. The Kier molecular flexibility index (Phi) is 4.84. The van der Waals surface area contributed by atoms with Gasteiger partial charge >= 0.3 is 0 Å². The Labute approximate surface area is 88.2 Å². The second-order valence-corrected chi connectivity index (χ2v) is 5.16. The summed E-state index contributed by atoms with van der Waals surface area (Å²) in [5.74, 6) is 1.97. The largest absolute Gasteiger partial charge is 0.387 e. The third-order valence-corrected chi connectivity index (χ3v) is 4.20. The van der Waals surface area contributed by atoms with Crippen LogP contribution in [0.1, 0.15) is 29.9 Å². The van der Waals surface area contributed by atoms with Crippen molar-refractivity contribution >= 4 is 23.1 Å². The molecule has 0 aliphatic carbocycles. The maximum Gasteiger partial charge on any atom is 0.0974 e. The van der Waals surface area contributed by atoms with E-state index < -0.39 is 0 Å². The standard InChI is InChI=1S/C10H16OS2/c1-3-5-12-7-9(11)10-8(2)4-6-13-10/h4,6,9,11H,3,5,7H2,1-2H3. The molecule has 74 valence electrons. The van der Waals surface area contributed by atoms with Crippen LogP contribution in [0.4, 0.5) is 0 Å². The van der Waals surface area contributed by atoms with Crippen molar-refractivity contribution in [3.05, 3.63) is 21.9 Å². The lowest BCUT2D eigenvalue weighted by molar-refractivity contribution is 0.207. The molecule has 13 heavy (non-hydrogen) atoms. The fraction of sp³-hybridized carbons (Fsp3) is 0.600. The molecule has 1 rings (SSSR count). The minimum Gasteiger partial charge on any atom is -0.387 e. The Morgan fingerprint density at radius 3 is 2.92 bits per heavy atom. The van der Waals surface area contributed by atoms with E-state index >= 15 is 0 Å². The highest BCUT2D eigenvalue weighted by atomic mass is 32.2. The van der Waals surface area contributed by atoms with Gasteiger partial charge in [0.05, 0.1) is 6.10 Å². The van der Waals surface area contributed by atoms with Crippen molar-refractivity contribution in [1.82, 2.24) is 0 Å². The quantitative estimate of drug-likeness (QED) is 0.763. The van der Waals surface area contributed by atoms with Crippen LogP contribution in [-0.2, 0) is 0 Å². The van der Waals surface area contributed by atoms with Crippen LogP contribution in [0.3, 0.4) is 0 Å². The lowest BCUT2D eigenvalue weighted by Gasteiger charge is -2.08. The summed E-state index contributed by atoms with van der Waals surface area (Å²) < 4.78 is 0. The van der Waals surface area contributed by atoms with Crippen LogP contribution >= 0.6 is 23.1 Å². The predicted octanol–water partition coefficient (Wildman–Crippen LogP) is 3.23. The van der Waals surface area contributed by atoms with E-state index in [9.17, 15) is 5.11 Å². The van der Waals surface area contributed by atoms with E-state index in [0.29, 0.717) is 0 Å². The zero-order valence-corrected chi connectivity index (χ0v) is 9.75. The van der Waals surface area contributed by atoms with Gasteiger partial charge < -0.3 is 5.11 Å². The molecule has 1 nitrogen and oxygen atoms in total. The zero-order valence-electron chi connectivity index (χ0n) is 8.12. The Morgan fingerprint density at radius 2 is 2.38 bits per heavy atom. The first-order valence-corrected chi connectivity index (χ1v) is 6.59. The molecule has 0 spiro atoms. The molecule has 0 bridgehead atoms. The van der Waals surface area contributed by atoms with Crippen molar-refractivity contribution in [2.45, 2.75) is 26.4 Å². The number of thiophene rings is 1. The third kappa shape index (κ3) is 3.33. The summed E-state index contributed by atoms with van der Waals surface area (Å²) in [7, 11) is 0. The number of aliphatic hydroxyl groups is 1. The Bertz CT molecular complexity index is 245. The molecule has 1 aromatic rings. The van der Waals surface area contributed by atoms with Crippen molar-refractivity contribution in [3.8, 4) is 0 Å². The van der Waals surface area contributed by atoms with Crippen molar-refractivity contribution < 1.29 is 5.11 Å². The molecule has 1 atom stereocenters. The number of aliphatic hydroxyl groups excluding tert-OH is 1. The van der Waals surface area contributed by atoms with E-state index in [0.717, 1.165) is 16.4 Å². The molecule has 0 aliphatic heterocycles. The summed E-state index contributed by atoms with van der Waals surface area (Å²) in [5, 5.41) is 11.8. The summed E-state index contributed by atoms with van der Waals surface area (Å²) in [6.45, 7) is 4.22. The molecule has 0 aromatic carbocycles. The topological polar surface area (TPSA) is 20.2 Å². The average molecular weight is 216 g/mol. The number of aryl methyl sites for hydroxylation is 1. The van der Waals surface area contributed by atoms with Crippen molar-refractivity contribution in [3.63, 3.8) is 0 Å². The van der Waals surface area contributed by atoms with Gasteiger partial charge in [-0.15, -0.1) is 11.3 Å². The fourth-order valence-electron chi connectivity index (χ4n) is 1.14. The van der Waals surface area contributed by atoms with Gasteiger partial charge in [0.1, 0.15) is 0 Å². The molecular weight excluding hydrogens is 200 g/mol. The summed E-state index contributed by atoms with van der Waals surface area (Å²) >= 11 is 3.48. The minimum absolute atomic E-state index is 0.267. The molecule has 1 N–H and O–H groups in total. The first-order valence-electron chi connectivity index (χ1n) is 4.55. The number of hydrogen-bond donors (Lipinski definition) is 1. The summed E-state index contributed by atoms with van der Waals surface area (Å²) in [6, 6.07) is 2.06. The lowest BCUT2D eigenvalue weighted by atomic mass is 10.2. The molecule has 0 radical (unpaired) electrons. The number of rotatable bonds is 5. The van der Waals surface area contributed by atoms with Crippen LogP contribution < -0.4 is 0 Å². The molecule has 0 fully saturated rings. The Morgan fingerprint density at radius 1 is 1.62 bits per heavy atom. The lowest BCUT2D eigenvalue weighted by Crippen LogP contribution is -2.00. The van der Waals surface area contributed by atoms with E-state index in [1.807, 2.05) is 17.1 Å². The van der Waals surface area contributed by atoms with E-state index in [1.54, 1.807) is 11.3 Å². The van der Waals surface area contributed by atoms with Gasteiger partial charge in [0.25, 0.3) is 0 Å². The highest BCUT2D eigenvalue weighted by Gasteiger charge is 2.10. The molecule has 1 aromatic heterocycles. The maximum absolute atomic E-state index is 9.81. The van der Waals surface area contributed by atoms with Gasteiger partial charge in [-0.05, 0) is 36.1 Å². The third-order valence-electron chi connectivity index (χ3n) is 1.83. The number of hydrogen-bond acceptors (Lipinski definition) is 3. The second-order valence-electron chi connectivity index (χ2n) is 3.06. The summed E-state index contributed by atoms with van der Waals surface area (Å²) in [4.78, 5) is 1.13. The summed E-state index contributed by atoms with van der Waals surface area (Å²) in [6.07, 6.45) is 0.914. The van der Waals surface area contributed by atoms with E-state index in [-0.39, 0.29) is 6.10 Å². The van der Waals surface area contributed by atoms with E-state index in [2.05, 4.69) is 19.9 Å². The van der Waals surface area contributed by atoms with Crippen LogP contribution in [-0.4, -0.2) is 16.6 Å². The molecule has 0 saturated heterocycles. The molecule has 1 unspecified atom stereocenters. The Hall–Kier alpha value is 0.0100. The SMILES string of the molecule is CCCSCC(O)c1sccc1C. The molecule has 0 amide bonds. The minimum atomic E-state index is -0.267. The van der Waals surface area contributed by atoms with Gasteiger partial charge in [0.2, 0.25) is 0 Å². The first kappa shape index (κ1) is 11.1. The van der Waals surface area contributed by atoms with Crippen LogP contribution in [0.5, 0.6) is 0 Å². The highest BCUT2D eigenvalue weighted by Crippen LogP contribution is 2.26. The van der Waals surface area contributed by atoms with Crippen molar-refractivity contribution in [2.75, 3.05) is 11.5 Å². The van der Waals surface area contributed by atoms with E-state index in [1.165, 1.54) is 12.0 Å². The normalized spacial score (nSPS) is 13.2. The molecular formula is C10H16OS2. The Balaban J connectivity index is 2.39.